The lowest BCUT2D eigenvalue weighted by Gasteiger charge is -2.22. The van der Waals surface area contributed by atoms with E-state index in [-0.39, 0.29) is 6.29 Å². The molecule has 1 unspecified atom stereocenters. The standard InChI is InChI=1S/C16H24O3/c1-13-7-8-15(12-14(13)2)17-10-5-11-19-16-6-3-4-9-18-16/h7-8,12,16H,3-6,9-11H2,1-2H3. The van der Waals surface area contributed by atoms with Crippen molar-refractivity contribution in [1.82, 2.24) is 0 Å². The fourth-order valence-corrected chi connectivity index (χ4v) is 2.11. The first-order chi connectivity index (χ1) is 9.25. The quantitative estimate of drug-likeness (QED) is 0.735. The van der Waals surface area contributed by atoms with Crippen molar-refractivity contribution in [2.24, 2.45) is 0 Å². The summed E-state index contributed by atoms with van der Waals surface area (Å²) < 4.78 is 16.9. The number of hydrogen-bond acceptors (Lipinski definition) is 3. The maximum absolute atomic E-state index is 5.71. The Labute approximate surface area is 115 Å². The van der Waals surface area contributed by atoms with Crippen molar-refractivity contribution in [3.05, 3.63) is 29.3 Å². The van der Waals surface area contributed by atoms with Crippen LogP contribution < -0.4 is 4.74 Å². The molecule has 0 aliphatic carbocycles. The van der Waals surface area contributed by atoms with Crippen molar-refractivity contribution in [2.45, 2.75) is 45.8 Å². The summed E-state index contributed by atoms with van der Waals surface area (Å²) in [7, 11) is 0. The zero-order chi connectivity index (χ0) is 13.5. The Morgan fingerprint density at radius 3 is 2.79 bits per heavy atom. The first kappa shape index (κ1) is 14.4. The predicted molar refractivity (Wildman–Crippen MR) is 75.6 cm³/mol. The summed E-state index contributed by atoms with van der Waals surface area (Å²) in [6.45, 7) is 6.44. The van der Waals surface area contributed by atoms with Gasteiger partial charge in [-0.05, 0) is 56.4 Å². The molecule has 1 aromatic carbocycles. The van der Waals surface area contributed by atoms with E-state index in [1.54, 1.807) is 0 Å². The lowest BCUT2D eigenvalue weighted by Crippen LogP contribution is -2.23. The van der Waals surface area contributed by atoms with Crippen molar-refractivity contribution in [3.8, 4) is 5.75 Å². The molecule has 1 atom stereocenters. The molecule has 3 heteroatoms. The topological polar surface area (TPSA) is 27.7 Å². The second kappa shape index (κ2) is 7.51. The second-order valence-corrected chi connectivity index (χ2v) is 5.12. The summed E-state index contributed by atoms with van der Waals surface area (Å²) in [5, 5.41) is 0. The minimum atomic E-state index is 0.00960. The Morgan fingerprint density at radius 2 is 2.05 bits per heavy atom. The molecule has 1 aromatic rings. The third kappa shape index (κ3) is 4.84. The van der Waals surface area contributed by atoms with E-state index >= 15 is 0 Å². The Bertz CT molecular complexity index is 384. The predicted octanol–water partition coefficient (Wildman–Crippen LogP) is 3.62. The maximum atomic E-state index is 5.71. The van der Waals surface area contributed by atoms with Crippen LogP contribution in [0.1, 0.15) is 36.8 Å². The van der Waals surface area contributed by atoms with Gasteiger partial charge < -0.3 is 14.2 Å². The fourth-order valence-electron chi connectivity index (χ4n) is 2.11. The van der Waals surface area contributed by atoms with Gasteiger partial charge in [-0.25, -0.2) is 0 Å². The Balaban J connectivity index is 1.59. The number of aryl methyl sites for hydroxylation is 2. The molecule has 2 rings (SSSR count). The maximum Gasteiger partial charge on any atom is 0.157 e. The van der Waals surface area contributed by atoms with Crippen molar-refractivity contribution in [2.75, 3.05) is 19.8 Å². The molecule has 0 saturated carbocycles. The second-order valence-electron chi connectivity index (χ2n) is 5.12. The van der Waals surface area contributed by atoms with E-state index in [0.717, 1.165) is 31.6 Å². The molecule has 3 nitrogen and oxygen atoms in total. The van der Waals surface area contributed by atoms with Crippen LogP contribution >= 0.6 is 0 Å². The third-order valence-electron chi connectivity index (χ3n) is 3.48. The van der Waals surface area contributed by atoms with E-state index in [9.17, 15) is 0 Å². The SMILES string of the molecule is Cc1ccc(OCCCOC2CCCCO2)cc1C. The van der Waals surface area contributed by atoms with Crippen LogP contribution in [0.5, 0.6) is 5.75 Å². The number of benzene rings is 1. The number of ether oxygens (including phenoxy) is 3. The summed E-state index contributed by atoms with van der Waals surface area (Å²) in [5.41, 5.74) is 2.56. The zero-order valence-corrected chi connectivity index (χ0v) is 12.0. The van der Waals surface area contributed by atoms with Crippen LogP contribution in [0, 0.1) is 13.8 Å². The minimum absolute atomic E-state index is 0.00960. The van der Waals surface area contributed by atoms with Crippen LogP contribution in [0.3, 0.4) is 0 Å². The molecule has 0 N–H and O–H groups in total. The Kier molecular flexibility index (Phi) is 5.67. The largest absolute Gasteiger partial charge is 0.493 e. The number of hydrogen-bond donors (Lipinski definition) is 0. The molecule has 0 bridgehead atoms. The highest BCUT2D eigenvalue weighted by atomic mass is 16.7. The zero-order valence-electron chi connectivity index (χ0n) is 12.0. The molecule has 0 aromatic heterocycles. The highest BCUT2D eigenvalue weighted by molar-refractivity contribution is 5.33. The minimum Gasteiger partial charge on any atom is -0.493 e. The molecule has 106 valence electrons. The molecule has 1 aliphatic rings. The molecular weight excluding hydrogens is 240 g/mol. The lowest BCUT2D eigenvalue weighted by molar-refractivity contribution is -0.163. The highest BCUT2D eigenvalue weighted by Crippen LogP contribution is 2.17. The monoisotopic (exact) mass is 264 g/mol. The van der Waals surface area contributed by atoms with Crippen LogP contribution in [-0.2, 0) is 9.47 Å². The van der Waals surface area contributed by atoms with Gasteiger partial charge >= 0.3 is 0 Å². The summed E-state index contributed by atoms with van der Waals surface area (Å²) >= 11 is 0. The van der Waals surface area contributed by atoms with Crippen LogP contribution in [0.2, 0.25) is 0 Å². The van der Waals surface area contributed by atoms with E-state index in [1.165, 1.54) is 17.5 Å². The van der Waals surface area contributed by atoms with Gasteiger partial charge in [0, 0.05) is 13.0 Å². The van der Waals surface area contributed by atoms with Crippen molar-refractivity contribution < 1.29 is 14.2 Å². The molecule has 0 spiro atoms. The summed E-state index contributed by atoms with van der Waals surface area (Å²) in [6.07, 6.45) is 4.31. The molecule has 19 heavy (non-hydrogen) atoms. The summed E-state index contributed by atoms with van der Waals surface area (Å²) in [5.74, 6) is 0.942. The van der Waals surface area contributed by atoms with Gasteiger partial charge in [0.05, 0.1) is 13.2 Å². The number of rotatable bonds is 6. The van der Waals surface area contributed by atoms with Gasteiger partial charge in [0.1, 0.15) is 5.75 Å². The lowest BCUT2D eigenvalue weighted by atomic mass is 10.1. The van der Waals surface area contributed by atoms with Gasteiger partial charge in [0.15, 0.2) is 6.29 Å². The molecule has 1 fully saturated rings. The highest BCUT2D eigenvalue weighted by Gasteiger charge is 2.13. The van der Waals surface area contributed by atoms with Gasteiger partial charge in [-0.1, -0.05) is 6.07 Å². The Hall–Kier alpha value is -1.06. The molecule has 1 heterocycles. The Morgan fingerprint density at radius 1 is 1.16 bits per heavy atom. The van der Waals surface area contributed by atoms with Crippen LogP contribution in [-0.4, -0.2) is 26.1 Å². The van der Waals surface area contributed by atoms with E-state index in [0.29, 0.717) is 13.2 Å². The van der Waals surface area contributed by atoms with Gasteiger partial charge in [-0.2, -0.15) is 0 Å². The first-order valence-electron chi connectivity index (χ1n) is 7.19. The van der Waals surface area contributed by atoms with E-state index in [4.69, 9.17) is 14.2 Å². The molecular formula is C16H24O3. The molecule has 1 aliphatic heterocycles. The third-order valence-corrected chi connectivity index (χ3v) is 3.48. The molecule has 1 saturated heterocycles. The fraction of sp³-hybridized carbons (Fsp3) is 0.625. The van der Waals surface area contributed by atoms with Crippen LogP contribution in [0.4, 0.5) is 0 Å². The smallest absolute Gasteiger partial charge is 0.157 e. The van der Waals surface area contributed by atoms with Crippen molar-refractivity contribution in [3.63, 3.8) is 0 Å². The average Bonchev–Trinajstić information content (AvgIpc) is 2.43. The van der Waals surface area contributed by atoms with Gasteiger partial charge in [-0.15, -0.1) is 0 Å². The van der Waals surface area contributed by atoms with Crippen LogP contribution in [0.15, 0.2) is 18.2 Å². The van der Waals surface area contributed by atoms with Crippen LogP contribution in [0.25, 0.3) is 0 Å². The van der Waals surface area contributed by atoms with E-state index in [2.05, 4.69) is 26.0 Å². The normalized spacial score (nSPS) is 19.4. The van der Waals surface area contributed by atoms with E-state index < -0.39 is 0 Å². The first-order valence-corrected chi connectivity index (χ1v) is 7.19. The van der Waals surface area contributed by atoms with Gasteiger partial charge in [-0.3, -0.25) is 0 Å². The van der Waals surface area contributed by atoms with Crippen molar-refractivity contribution in [1.29, 1.82) is 0 Å². The summed E-state index contributed by atoms with van der Waals surface area (Å²) in [6, 6.07) is 6.20. The van der Waals surface area contributed by atoms with Gasteiger partial charge in [0.25, 0.3) is 0 Å². The molecule has 0 amide bonds. The van der Waals surface area contributed by atoms with Gasteiger partial charge in [0.2, 0.25) is 0 Å². The van der Waals surface area contributed by atoms with E-state index in [1.807, 2.05) is 6.07 Å². The van der Waals surface area contributed by atoms with Crippen molar-refractivity contribution >= 4 is 0 Å². The summed E-state index contributed by atoms with van der Waals surface area (Å²) in [4.78, 5) is 0. The average molecular weight is 264 g/mol. The molecule has 0 radical (unpaired) electrons.